The van der Waals surface area contributed by atoms with E-state index < -0.39 is 0 Å². The quantitative estimate of drug-likeness (QED) is 0.552. The number of aliphatic hydroxyl groups excluding tert-OH is 1. The van der Waals surface area contributed by atoms with E-state index in [1.165, 1.54) is 11.0 Å². The summed E-state index contributed by atoms with van der Waals surface area (Å²) >= 11 is 0. The number of β-amino-alcohol motifs (C(OH)–C–C–N with tert-alkyl or cyclic N) is 1. The molecule has 10 heteroatoms. The zero-order chi connectivity index (χ0) is 24.4. The normalized spacial score (nSPS) is 14.4. The highest BCUT2D eigenvalue weighted by Crippen LogP contribution is 2.27. The molecule has 3 heterocycles. The average Bonchev–Trinajstić information content (AvgIpc) is 3.18. The SMILES string of the molecule is C=C(C)n1c(C(=O)N(C)C)cc2cnc(Nc3ccc(N4CCN(CCO)CC4)c(F)c3)nc21. The van der Waals surface area contributed by atoms with Crippen LogP contribution in [0.25, 0.3) is 16.7 Å². The summed E-state index contributed by atoms with van der Waals surface area (Å²) in [6.45, 7) is 9.54. The first-order valence-electron chi connectivity index (χ1n) is 11.2. The number of carbonyl (C=O) groups excluding carboxylic acids is 1. The standard InChI is InChI=1S/C24H30FN7O2/c1-16(2)32-21(23(34)29(3)4)13-17-15-26-24(28-22(17)32)27-18-5-6-20(19(25)14-18)31-9-7-30(8-10-31)11-12-33/h5-6,13-15,33H,1,7-12H2,2-4H3,(H,26,27,28). The first-order valence-corrected chi connectivity index (χ1v) is 11.2. The molecule has 9 nitrogen and oxygen atoms in total. The first-order chi connectivity index (χ1) is 16.3. The van der Waals surface area contributed by atoms with Gasteiger partial charge in [0.2, 0.25) is 5.95 Å². The number of hydrogen-bond donors (Lipinski definition) is 2. The van der Waals surface area contributed by atoms with E-state index in [-0.39, 0.29) is 18.3 Å². The lowest BCUT2D eigenvalue weighted by atomic mass is 10.2. The zero-order valence-electron chi connectivity index (χ0n) is 19.8. The third kappa shape index (κ3) is 4.73. The number of carbonyl (C=O) groups is 1. The highest BCUT2D eigenvalue weighted by molar-refractivity contribution is 5.99. The van der Waals surface area contributed by atoms with Crippen LogP contribution < -0.4 is 10.2 Å². The molecule has 0 saturated carbocycles. The highest BCUT2D eigenvalue weighted by Gasteiger charge is 2.21. The molecule has 3 aromatic rings. The van der Waals surface area contributed by atoms with Crippen LogP contribution in [0, 0.1) is 5.82 Å². The van der Waals surface area contributed by atoms with Crippen LogP contribution in [0.1, 0.15) is 17.4 Å². The summed E-state index contributed by atoms with van der Waals surface area (Å²) in [7, 11) is 3.38. The fourth-order valence-corrected chi connectivity index (χ4v) is 4.15. The topological polar surface area (TPSA) is 89.8 Å². The molecule has 0 radical (unpaired) electrons. The van der Waals surface area contributed by atoms with Crippen LogP contribution in [0.4, 0.5) is 21.7 Å². The van der Waals surface area contributed by atoms with E-state index >= 15 is 0 Å². The molecular formula is C24H30FN7O2. The van der Waals surface area contributed by atoms with E-state index in [9.17, 15) is 9.18 Å². The minimum Gasteiger partial charge on any atom is -0.395 e. The molecule has 34 heavy (non-hydrogen) atoms. The van der Waals surface area contributed by atoms with Crippen LogP contribution in [0.5, 0.6) is 0 Å². The molecule has 1 aliphatic heterocycles. The first kappa shape index (κ1) is 23.7. The number of fused-ring (bicyclic) bond motifs is 1. The maximum Gasteiger partial charge on any atom is 0.270 e. The summed E-state index contributed by atoms with van der Waals surface area (Å²) < 4.78 is 16.6. The summed E-state index contributed by atoms with van der Waals surface area (Å²) in [5, 5.41) is 12.9. The highest BCUT2D eigenvalue weighted by atomic mass is 19.1. The van der Waals surface area contributed by atoms with Crippen molar-refractivity contribution in [3.05, 3.63) is 48.6 Å². The van der Waals surface area contributed by atoms with Gasteiger partial charge < -0.3 is 20.2 Å². The average molecular weight is 468 g/mol. The summed E-state index contributed by atoms with van der Waals surface area (Å²) in [6, 6.07) is 6.72. The maximum atomic E-state index is 14.9. The summed E-state index contributed by atoms with van der Waals surface area (Å²) in [4.78, 5) is 27.2. The molecule has 4 rings (SSSR count). The predicted molar refractivity (Wildman–Crippen MR) is 132 cm³/mol. The van der Waals surface area contributed by atoms with Crippen molar-refractivity contribution in [2.45, 2.75) is 6.92 Å². The Kier molecular flexibility index (Phi) is 6.80. The van der Waals surface area contributed by atoms with Gasteiger partial charge in [-0.15, -0.1) is 0 Å². The molecule has 0 unspecified atom stereocenters. The van der Waals surface area contributed by atoms with Crippen molar-refractivity contribution >= 4 is 40.0 Å². The number of allylic oxidation sites excluding steroid dienone is 1. The molecule has 2 N–H and O–H groups in total. The fraction of sp³-hybridized carbons (Fsp3) is 0.375. The third-order valence-electron chi connectivity index (χ3n) is 5.88. The number of piperazine rings is 1. The Morgan fingerprint density at radius 2 is 1.97 bits per heavy atom. The monoisotopic (exact) mass is 467 g/mol. The van der Waals surface area contributed by atoms with Crippen molar-refractivity contribution in [3.8, 4) is 0 Å². The molecule has 1 aromatic carbocycles. The Morgan fingerprint density at radius 1 is 1.24 bits per heavy atom. The number of nitrogens with zero attached hydrogens (tertiary/aromatic N) is 6. The second kappa shape index (κ2) is 9.78. The molecule has 1 saturated heterocycles. The molecule has 1 aliphatic rings. The number of rotatable bonds is 7. The van der Waals surface area contributed by atoms with Gasteiger partial charge >= 0.3 is 0 Å². The van der Waals surface area contributed by atoms with Crippen molar-refractivity contribution in [2.75, 3.05) is 63.6 Å². The minimum absolute atomic E-state index is 0.132. The molecule has 0 spiro atoms. The van der Waals surface area contributed by atoms with Gasteiger partial charge in [-0.05, 0) is 31.2 Å². The lowest BCUT2D eigenvalue weighted by molar-refractivity contribution is 0.0820. The Hall–Kier alpha value is -3.50. The molecule has 2 aromatic heterocycles. The number of hydrogen-bond acceptors (Lipinski definition) is 7. The fourth-order valence-electron chi connectivity index (χ4n) is 4.15. The van der Waals surface area contributed by atoms with Crippen molar-refractivity contribution in [3.63, 3.8) is 0 Å². The van der Waals surface area contributed by atoms with Gasteiger partial charge in [0, 0.05) is 69.8 Å². The van der Waals surface area contributed by atoms with Crippen molar-refractivity contribution in [1.82, 2.24) is 24.3 Å². The largest absolute Gasteiger partial charge is 0.395 e. The second-order valence-electron chi connectivity index (χ2n) is 8.62. The number of benzene rings is 1. The van der Waals surface area contributed by atoms with E-state index in [4.69, 9.17) is 5.11 Å². The molecule has 180 valence electrons. The lowest BCUT2D eigenvalue weighted by Gasteiger charge is -2.36. The lowest BCUT2D eigenvalue weighted by Crippen LogP contribution is -2.47. The Balaban J connectivity index is 1.56. The van der Waals surface area contributed by atoms with Crippen LogP contribution in [0.15, 0.2) is 37.0 Å². The van der Waals surface area contributed by atoms with Gasteiger partial charge in [0.05, 0.1) is 12.3 Å². The van der Waals surface area contributed by atoms with Gasteiger partial charge in [-0.2, -0.15) is 4.98 Å². The predicted octanol–water partition coefficient (Wildman–Crippen LogP) is 2.62. The summed E-state index contributed by atoms with van der Waals surface area (Å²) in [5.41, 5.74) is 2.73. The van der Waals surface area contributed by atoms with E-state index in [1.54, 1.807) is 50.0 Å². The number of aromatic nitrogens is 3. The summed E-state index contributed by atoms with van der Waals surface area (Å²) in [6.07, 6.45) is 1.63. The minimum atomic E-state index is -0.328. The molecule has 1 fully saturated rings. The molecule has 0 aliphatic carbocycles. The Labute approximate surface area is 198 Å². The zero-order valence-corrected chi connectivity index (χ0v) is 19.8. The summed E-state index contributed by atoms with van der Waals surface area (Å²) in [5.74, 6) is -0.196. The molecule has 1 amide bonds. The Bertz CT molecular complexity index is 1220. The van der Waals surface area contributed by atoms with Crippen molar-refractivity contribution in [1.29, 1.82) is 0 Å². The van der Waals surface area contributed by atoms with E-state index in [2.05, 4.69) is 26.8 Å². The van der Waals surface area contributed by atoms with Crippen LogP contribution >= 0.6 is 0 Å². The Morgan fingerprint density at radius 3 is 2.59 bits per heavy atom. The number of aliphatic hydroxyl groups is 1. The van der Waals surface area contributed by atoms with Gasteiger partial charge in [-0.1, -0.05) is 6.58 Å². The van der Waals surface area contributed by atoms with E-state index in [0.717, 1.165) is 13.1 Å². The van der Waals surface area contributed by atoms with Gasteiger partial charge in [0.15, 0.2) is 5.65 Å². The van der Waals surface area contributed by atoms with Gasteiger partial charge in [0.1, 0.15) is 11.5 Å². The van der Waals surface area contributed by atoms with Crippen LogP contribution in [-0.4, -0.2) is 88.8 Å². The maximum absolute atomic E-state index is 14.9. The number of halogens is 1. The number of anilines is 3. The second-order valence-corrected chi connectivity index (χ2v) is 8.62. The van der Waals surface area contributed by atoms with Crippen LogP contribution in [0.3, 0.4) is 0 Å². The molecule has 0 atom stereocenters. The number of amides is 1. The molecular weight excluding hydrogens is 437 g/mol. The van der Waals surface area contributed by atoms with Crippen molar-refractivity contribution < 1.29 is 14.3 Å². The van der Waals surface area contributed by atoms with Crippen LogP contribution in [-0.2, 0) is 0 Å². The third-order valence-corrected chi connectivity index (χ3v) is 5.88. The van der Waals surface area contributed by atoms with Crippen molar-refractivity contribution in [2.24, 2.45) is 0 Å². The smallest absolute Gasteiger partial charge is 0.270 e. The van der Waals surface area contributed by atoms with E-state index in [0.29, 0.717) is 59.4 Å². The van der Waals surface area contributed by atoms with Gasteiger partial charge in [0.25, 0.3) is 5.91 Å². The van der Waals surface area contributed by atoms with Crippen LogP contribution in [0.2, 0.25) is 0 Å². The van der Waals surface area contributed by atoms with E-state index in [1.807, 2.05) is 4.90 Å². The number of nitrogens with one attached hydrogen (secondary N) is 1. The van der Waals surface area contributed by atoms with Gasteiger partial charge in [-0.25, -0.2) is 9.37 Å². The molecule has 0 bridgehead atoms. The van der Waals surface area contributed by atoms with Gasteiger partial charge in [-0.3, -0.25) is 14.3 Å².